The van der Waals surface area contributed by atoms with Crippen LogP contribution >= 0.6 is 0 Å². The van der Waals surface area contributed by atoms with Gasteiger partial charge in [0.15, 0.2) is 0 Å². The molecule has 0 atom stereocenters. The van der Waals surface area contributed by atoms with Crippen LogP contribution in [0.15, 0.2) is 12.7 Å². The van der Waals surface area contributed by atoms with E-state index in [1.54, 1.807) is 0 Å². The van der Waals surface area contributed by atoms with Gasteiger partial charge in [0.25, 0.3) is 0 Å². The molecule has 0 unspecified atom stereocenters. The largest absolute Gasteiger partial charge is 0.215 e. The molecule has 0 aromatic carbocycles. The smallest absolute Gasteiger partial charge is 0.215 e. The van der Waals surface area contributed by atoms with Crippen LogP contribution in [0.2, 0.25) is 0 Å². The fourth-order valence-corrected chi connectivity index (χ4v) is 1.52. The molecule has 0 radical (unpaired) electrons. The van der Waals surface area contributed by atoms with Crippen LogP contribution in [-0.2, 0) is 10.0 Å². The Hall–Kier alpha value is -0.350. The lowest BCUT2D eigenvalue weighted by atomic mass is 10.2. The van der Waals surface area contributed by atoms with E-state index in [4.69, 9.17) is 0 Å². The minimum Gasteiger partial charge on any atom is -0.215 e. The fourth-order valence-electron chi connectivity index (χ4n) is 0.508. The number of sulfonamides is 1. The summed E-state index contributed by atoms with van der Waals surface area (Å²) in [6, 6.07) is 0. The first-order valence-electron chi connectivity index (χ1n) is 3.56. The Bertz CT molecular complexity index is 206. The van der Waals surface area contributed by atoms with Crippen LogP contribution in [0, 0.1) is 5.92 Å². The SMILES string of the molecule is C=CCS(=O)(=O)NCC(C)C. The van der Waals surface area contributed by atoms with Gasteiger partial charge in [0.05, 0.1) is 5.75 Å². The Balaban J connectivity index is 3.83. The van der Waals surface area contributed by atoms with Gasteiger partial charge in [0.2, 0.25) is 10.0 Å². The Morgan fingerprint density at radius 1 is 1.55 bits per heavy atom. The van der Waals surface area contributed by atoms with Crippen molar-refractivity contribution in [3.63, 3.8) is 0 Å². The van der Waals surface area contributed by atoms with Crippen LogP contribution < -0.4 is 4.72 Å². The van der Waals surface area contributed by atoms with Gasteiger partial charge in [-0.05, 0) is 5.92 Å². The van der Waals surface area contributed by atoms with Gasteiger partial charge in [-0.2, -0.15) is 0 Å². The number of rotatable bonds is 5. The molecule has 0 saturated heterocycles. The van der Waals surface area contributed by atoms with E-state index in [2.05, 4.69) is 11.3 Å². The Labute approximate surface area is 68.5 Å². The first-order valence-corrected chi connectivity index (χ1v) is 5.21. The zero-order chi connectivity index (χ0) is 8.91. The molecule has 1 N–H and O–H groups in total. The van der Waals surface area contributed by atoms with E-state index in [1.165, 1.54) is 6.08 Å². The molecule has 11 heavy (non-hydrogen) atoms. The van der Waals surface area contributed by atoms with Gasteiger partial charge < -0.3 is 0 Å². The molecule has 66 valence electrons. The zero-order valence-corrected chi connectivity index (χ0v) is 7.82. The molecular formula is C7H15NO2S. The minimum absolute atomic E-state index is 0.000278. The van der Waals surface area contributed by atoms with E-state index >= 15 is 0 Å². The third-order valence-corrected chi connectivity index (χ3v) is 2.33. The van der Waals surface area contributed by atoms with Crippen LogP contribution in [0.3, 0.4) is 0 Å². The Morgan fingerprint density at radius 2 is 2.09 bits per heavy atom. The van der Waals surface area contributed by atoms with Gasteiger partial charge in [-0.1, -0.05) is 19.9 Å². The van der Waals surface area contributed by atoms with E-state index in [9.17, 15) is 8.42 Å². The first kappa shape index (κ1) is 10.7. The van der Waals surface area contributed by atoms with Crippen LogP contribution in [0.4, 0.5) is 0 Å². The standard InChI is InChI=1S/C7H15NO2S/c1-4-5-11(9,10)8-6-7(2)3/h4,7-8H,1,5-6H2,2-3H3. The van der Waals surface area contributed by atoms with E-state index in [0.717, 1.165) is 0 Å². The summed E-state index contributed by atoms with van der Waals surface area (Å²) in [5.74, 6) is 0.342. The molecule has 0 spiro atoms. The highest BCUT2D eigenvalue weighted by Crippen LogP contribution is 1.91. The third-order valence-electron chi connectivity index (χ3n) is 1.05. The van der Waals surface area contributed by atoms with Crippen molar-refractivity contribution in [2.75, 3.05) is 12.3 Å². The molecule has 0 amide bonds. The molecule has 0 aromatic rings. The van der Waals surface area contributed by atoms with Crippen molar-refractivity contribution in [2.24, 2.45) is 5.92 Å². The van der Waals surface area contributed by atoms with Crippen molar-refractivity contribution >= 4 is 10.0 Å². The van der Waals surface area contributed by atoms with Crippen molar-refractivity contribution in [2.45, 2.75) is 13.8 Å². The van der Waals surface area contributed by atoms with Crippen LogP contribution in [0.5, 0.6) is 0 Å². The van der Waals surface area contributed by atoms with Crippen LogP contribution in [0.25, 0.3) is 0 Å². The van der Waals surface area contributed by atoms with E-state index in [0.29, 0.717) is 12.5 Å². The quantitative estimate of drug-likeness (QED) is 0.630. The average Bonchev–Trinajstić information content (AvgIpc) is 1.84. The predicted molar refractivity (Wildman–Crippen MR) is 46.8 cm³/mol. The van der Waals surface area contributed by atoms with Crippen molar-refractivity contribution in [3.05, 3.63) is 12.7 Å². The topological polar surface area (TPSA) is 46.2 Å². The molecule has 0 aliphatic rings. The summed E-state index contributed by atoms with van der Waals surface area (Å²) in [7, 11) is -3.09. The van der Waals surface area contributed by atoms with E-state index < -0.39 is 10.0 Å². The molecule has 4 heteroatoms. The van der Waals surface area contributed by atoms with Crippen molar-refractivity contribution in [1.29, 1.82) is 0 Å². The van der Waals surface area contributed by atoms with Crippen LogP contribution in [-0.4, -0.2) is 20.7 Å². The Kier molecular flexibility index (Phi) is 4.37. The first-order chi connectivity index (χ1) is 4.98. The minimum atomic E-state index is -3.09. The molecule has 0 aliphatic carbocycles. The predicted octanol–water partition coefficient (Wildman–Crippen LogP) is 0.748. The van der Waals surface area contributed by atoms with Crippen molar-refractivity contribution in [3.8, 4) is 0 Å². The molecule has 0 bridgehead atoms. The molecule has 3 nitrogen and oxygen atoms in total. The summed E-state index contributed by atoms with van der Waals surface area (Å²) in [5.41, 5.74) is 0. The zero-order valence-electron chi connectivity index (χ0n) is 7.00. The van der Waals surface area contributed by atoms with Gasteiger partial charge in [-0.3, -0.25) is 0 Å². The second kappa shape index (κ2) is 4.51. The summed E-state index contributed by atoms with van der Waals surface area (Å²) >= 11 is 0. The van der Waals surface area contributed by atoms with Gasteiger partial charge in [-0.25, -0.2) is 13.1 Å². The molecule has 0 fully saturated rings. The summed E-state index contributed by atoms with van der Waals surface area (Å²) in [6.45, 7) is 7.76. The maximum absolute atomic E-state index is 11.0. The maximum atomic E-state index is 11.0. The van der Waals surface area contributed by atoms with Gasteiger partial charge in [0, 0.05) is 6.54 Å². The van der Waals surface area contributed by atoms with E-state index in [1.807, 2.05) is 13.8 Å². The Morgan fingerprint density at radius 3 is 2.45 bits per heavy atom. The number of hydrogen-bond donors (Lipinski definition) is 1. The van der Waals surface area contributed by atoms with Gasteiger partial charge >= 0.3 is 0 Å². The molecule has 0 heterocycles. The molecular weight excluding hydrogens is 162 g/mol. The number of nitrogens with one attached hydrogen (secondary N) is 1. The van der Waals surface area contributed by atoms with Crippen LogP contribution in [0.1, 0.15) is 13.8 Å². The lowest BCUT2D eigenvalue weighted by Gasteiger charge is -2.05. The normalized spacial score (nSPS) is 11.9. The molecule has 0 aromatic heterocycles. The lowest BCUT2D eigenvalue weighted by molar-refractivity contribution is 0.563. The fraction of sp³-hybridized carbons (Fsp3) is 0.714. The second-order valence-corrected chi connectivity index (χ2v) is 4.66. The summed E-state index contributed by atoms with van der Waals surface area (Å²) < 4.78 is 24.4. The highest BCUT2D eigenvalue weighted by Gasteiger charge is 2.06. The number of hydrogen-bond acceptors (Lipinski definition) is 2. The summed E-state index contributed by atoms with van der Waals surface area (Å²) in [5, 5.41) is 0. The molecule has 0 rings (SSSR count). The van der Waals surface area contributed by atoms with Crippen molar-refractivity contribution in [1.82, 2.24) is 4.72 Å². The molecule has 0 aliphatic heterocycles. The van der Waals surface area contributed by atoms with E-state index in [-0.39, 0.29) is 5.75 Å². The maximum Gasteiger partial charge on any atom is 0.215 e. The van der Waals surface area contributed by atoms with Gasteiger partial charge in [-0.15, -0.1) is 6.58 Å². The summed E-state index contributed by atoms with van der Waals surface area (Å²) in [6.07, 6.45) is 1.38. The highest BCUT2D eigenvalue weighted by molar-refractivity contribution is 7.89. The molecule has 0 saturated carbocycles. The second-order valence-electron chi connectivity index (χ2n) is 2.81. The third kappa shape index (κ3) is 6.06. The summed E-state index contributed by atoms with van der Waals surface area (Å²) in [4.78, 5) is 0. The average molecular weight is 177 g/mol. The monoisotopic (exact) mass is 177 g/mol. The van der Waals surface area contributed by atoms with Crippen molar-refractivity contribution < 1.29 is 8.42 Å². The highest BCUT2D eigenvalue weighted by atomic mass is 32.2. The van der Waals surface area contributed by atoms with Gasteiger partial charge in [0.1, 0.15) is 0 Å². The lowest BCUT2D eigenvalue weighted by Crippen LogP contribution is -2.29.